The Labute approximate surface area is 191 Å². The van der Waals surface area contributed by atoms with Crippen LogP contribution in [0.15, 0.2) is 48.5 Å². The first kappa shape index (κ1) is 23.7. The highest BCUT2D eigenvalue weighted by molar-refractivity contribution is 5.37. The highest BCUT2D eigenvalue weighted by Gasteiger charge is 2.21. The third-order valence-corrected chi connectivity index (χ3v) is 6.94. The van der Waals surface area contributed by atoms with Gasteiger partial charge >= 0.3 is 0 Å². The van der Waals surface area contributed by atoms with Crippen molar-refractivity contribution in [3.63, 3.8) is 0 Å². The monoisotopic (exact) mass is 414 g/mol. The fourth-order valence-corrected chi connectivity index (χ4v) is 4.78. The summed E-state index contributed by atoms with van der Waals surface area (Å²) in [5.74, 6) is 8.33. The van der Waals surface area contributed by atoms with Crippen LogP contribution < -0.4 is 0 Å². The SMILES string of the molecule is CCCCCCCc1ccc(C#C[C@H]2CC[C@H](c3ccc(CCCC)cc3)CC2)cc1. The van der Waals surface area contributed by atoms with Crippen LogP contribution in [0.25, 0.3) is 0 Å². The lowest BCUT2D eigenvalue weighted by Gasteiger charge is -2.26. The van der Waals surface area contributed by atoms with Crippen molar-refractivity contribution in [2.24, 2.45) is 5.92 Å². The minimum absolute atomic E-state index is 0.568. The lowest BCUT2D eigenvalue weighted by Crippen LogP contribution is -2.12. The fraction of sp³-hybridized carbons (Fsp3) is 0.548. The minimum atomic E-state index is 0.568. The van der Waals surface area contributed by atoms with Crippen molar-refractivity contribution in [2.75, 3.05) is 0 Å². The quantitative estimate of drug-likeness (QED) is 0.269. The van der Waals surface area contributed by atoms with Gasteiger partial charge in [0.15, 0.2) is 0 Å². The molecule has 0 heterocycles. The molecule has 0 bridgehead atoms. The van der Waals surface area contributed by atoms with Crippen molar-refractivity contribution in [3.8, 4) is 11.8 Å². The first-order chi connectivity index (χ1) is 15.3. The largest absolute Gasteiger partial charge is 0.0945 e. The molecular weight excluding hydrogens is 372 g/mol. The minimum Gasteiger partial charge on any atom is -0.0945 e. The topological polar surface area (TPSA) is 0 Å². The predicted octanol–water partition coefficient (Wildman–Crippen LogP) is 8.87. The van der Waals surface area contributed by atoms with Gasteiger partial charge in [-0.3, -0.25) is 0 Å². The molecule has 0 saturated heterocycles. The van der Waals surface area contributed by atoms with Gasteiger partial charge in [0.1, 0.15) is 0 Å². The van der Waals surface area contributed by atoms with Gasteiger partial charge in [-0.2, -0.15) is 0 Å². The second kappa shape index (κ2) is 13.4. The molecule has 2 aromatic carbocycles. The smallest absolute Gasteiger partial charge is 0.0245 e. The highest BCUT2D eigenvalue weighted by Crippen LogP contribution is 2.35. The van der Waals surface area contributed by atoms with E-state index in [-0.39, 0.29) is 0 Å². The van der Waals surface area contributed by atoms with Crippen molar-refractivity contribution in [1.29, 1.82) is 0 Å². The normalized spacial score (nSPS) is 18.4. The average molecular weight is 415 g/mol. The molecule has 0 aliphatic heterocycles. The zero-order valence-corrected chi connectivity index (χ0v) is 20.0. The number of rotatable bonds is 10. The summed E-state index contributed by atoms with van der Waals surface area (Å²) in [6, 6.07) is 18.5. The fourth-order valence-electron chi connectivity index (χ4n) is 4.78. The van der Waals surface area contributed by atoms with E-state index in [0.717, 1.165) is 5.92 Å². The van der Waals surface area contributed by atoms with E-state index in [4.69, 9.17) is 0 Å². The van der Waals surface area contributed by atoms with Crippen LogP contribution in [0.2, 0.25) is 0 Å². The number of benzene rings is 2. The van der Waals surface area contributed by atoms with E-state index in [0.29, 0.717) is 5.92 Å². The Morgan fingerprint density at radius 2 is 1.23 bits per heavy atom. The zero-order valence-electron chi connectivity index (χ0n) is 20.0. The number of aryl methyl sites for hydroxylation is 2. The molecule has 0 unspecified atom stereocenters. The van der Waals surface area contributed by atoms with Gasteiger partial charge in [-0.05, 0) is 86.1 Å². The van der Waals surface area contributed by atoms with Crippen LogP contribution in [0.1, 0.15) is 113 Å². The summed E-state index contributed by atoms with van der Waals surface area (Å²) in [7, 11) is 0. The van der Waals surface area contributed by atoms with E-state index in [1.165, 1.54) is 106 Å². The predicted molar refractivity (Wildman–Crippen MR) is 136 cm³/mol. The van der Waals surface area contributed by atoms with Crippen molar-refractivity contribution < 1.29 is 0 Å². The number of hydrogen-bond acceptors (Lipinski definition) is 0. The molecule has 1 aliphatic carbocycles. The summed E-state index contributed by atoms with van der Waals surface area (Å²) in [5, 5.41) is 0. The Morgan fingerprint density at radius 1 is 0.645 bits per heavy atom. The molecule has 2 aromatic rings. The molecule has 0 radical (unpaired) electrons. The maximum absolute atomic E-state index is 3.58. The van der Waals surface area contributed by atoms with E-state index < -0.39 is 0 Å². The Morgan fingerprint density at radius 3 is 1.87 bits per heavy atom. The molecule has 0 N–H and O–H groups in total. The van der Waals surface area contributed by atoms with Gasteiger partial charge in [-0.25, -0.2) is 0 Å². The average Bonchev–Trinajstić information content (AvgIpc) is 2.83. The van der Waals surface area contributed by atoms with E-state index in [1.807, 2.05) is 0 Å². The Hall–Kier alpha value is -2.00. The molecule has 3 rings (SSSR count). The standard InChI is InChI=1S/C31H42/c1-3-5-7-8-9-11-27-12-14-28(15-13-27)16-17-29-20-24-31(25-21-29)30-22-18-26(19-23-30)10-6-4-2/h12-15,18-19,22-23,29,31H,3-11,20-21,24-25H2,1-2H3/t29-,31-. The first-order valence-corrected chi connectivity index (χ1v) is 13.0. The highest BCUT2D eigenvalue weighted by atomic mass is 14.2. The summed E-state index contributed by atoms with van der Waals surface area (Å²) in [6.07, 6.45) is 16.8. The molecule has 1 aliphatic rings. The second-order valence-electron chi connectivity index (χ2n) is 9.52. The van der Waals surface area contributed by atoms with Crippen LogP contribution in [-0.2, 0) is 12.8 Å². The van der Waals surface area contributed by atoms with E-state index in [9.17, 15) is 0 Å². The van der Waals surface area contributed by atoms with Crippen LogP contribution in [0.4, 0.5) is 0 Å². The van der Waals surface area contributed by atoms with Crippen molar-refractivity contribution in [2.45, 2.75) is 103 Å². The summed E-state index contributed by atoms with van der Waals surface area (Å²) in [6.45, 7) is 4.54. The van der Waals surface area contributed by atoms with Crippen molar-refractivity contribution in [3.05, 3.63) is 70.8 Å². The first-order valence-electron chi connectivity index (χ1n) is 13.0. The van der Waals surface area contributed by atoms with E-state index in [1.54, 1.807) is 0 Å². The van der Waals surface area contributed by atoms with Gasteiger partial charge in [0, 0.05) is 11.5 Å². The van der Waals surface area contributed by atoms with Crippen LogP contribution in [0, 0.1) is 17.8 Å². The molecule has 0 aromatic heterocycles. The van der Waals surface area contributed by atoms with Gasteiger partial charge in [-0.15, -0.1) is 0 Å². The maximum Gasteiger partial charge on any atom is 0.0245 e. The van der Waals surface area contributed by atoms with Gasteiger partial charge in [0.05, 0.1) is 0 Å². The summed E-state index contributed by atoms with van der Waals surface area (Å²) in [4.78, 5) is 0. The third kappa shape index (κ3) is 8.22. The molecule has 1 fully saturated rings. The van der Waals surface area contributed by atoms with Gasteiger partial charge in [0.25, 0.3) is 0 Å². The summed E-state index contributed by atoms with van der Waals surface area (Å²) in [5.41, 5.74) is 5.67. The molecule has 0 atom stereocenters. The van der Waals surface area contributed by atoms with Crippen LogP contribution in [0.3, 0.4) is 0 Å². The molecule has 1 saturated carbocycles. The lowest BCUT2D eigenvalue weighted by atomic mass is 9.78. The Kier molecular flexibility index (Phi) is 10.2. The van der Waals surface area contributed by atoms with Crippen molar-refractivity contribution in [1.82, 2.24) is 0 Å². The molecule has 0 spiro atoms. The molecule has 166 valence electrons. The zero-order chi connectivity index (χ0) is 21.7. The third-order valence-electron chi connectivity index (χ3n) is 6.94. The van der Waals surface area contributed by atoms with Gasteiger partial charge in [-0.1, -0.05) is 94.2 Å². The van der Waals surface area contributed by atoms with Crippen molar-refractivity contribution >= 4 is 0 Å². The maximum atomic E-state index is 3.58. The van der Waals surface area contributed by atoms with Crippen LogP contribution >= 0.6 is 0 Å². The lowest BCUT2D eigenvalue weighted by molar-refractivity contribution is 0.384. The molecular formula is C31H42. The van der Waals surface area contributed by atoms with Crippen LogP contribution in [-0.4, -0.2) is 0 Å². The Balaban J connectivity index is 1.42. The molecule has 0 nitrogen and oxygen atoms in total. The molecule has 0 heteroatoms. The van der Waals surface area contributed by atoms with Gasteiger partial charge < -0.3 is 0 Å². The molecule has 0 amide bonds. The number of hydrogen-bond donors (Lipinski definition) is 0. The van der Waals surface area contributed by atoms with E-state index in [2.05, 4.69) is 74.2 Å². The van der Waals surface area contributed by atoms with Gasteiger partial charge in [0.2, 0.25) is 0 Å². The van der Waals surface area contributed by atoms with Crippen LogP contribution in [0.5, 0.6) is 0 Å². The summed E-state index contributed by atoms with van der Waals surface area (Å²) < 4.78 is 0. The number of unbranched alkanes of at least 4 members (excludes halogenated alkanes) is 5. The Bertz CT molecular complexity index is 792. The molecule has 31 heavy (non-hydrogen) atoms. The second-order valence-corrected chi connectivity index (χ2v) is 9.52. The van der Waals surface area contributed by atoms with E-state index >= 15 is 0 Å². The summed E-state index contributed by atoms with van der Waals surface area (Å²) >= 11 is 0.